The molecule has 0 atom stereocenters. The van der Waals surface area contributed by atoms with Gasteiger partial charge >= 0.3 is 0 Å². The Hall–Kier alpha value is -1.64. The average molecular weight is 200 g/mol. The summed E-state index contributed by atoms with van der Waals surface area (Å²) in [5, 5.41) is 0. The number of H-pyrrole nitrogens is 1. The minimum absolute atomic E-state index is 0.451. The van der Waals surface area contributed by atoms with Crippen LogP contribution in [0.2, 0.25) is 0 Å². The van der Waals surface area contributed by atoms with E-state index in [1.165, 1.54) is 12.8 Å². The molecule has 0 unspecified atom stereocenters. The predicted molar refractivity (Wildman–Crippen MR) is 57.8 cm³/mol. The van der Waals surface area contributed by atoms with Crippen molar-refractivity contribution in [2.75, 3.05) is 0 Å². The Kier molecular flexibility index (Phi) is 1.84. The van der Waals surface area contributed by atoms with Crippen LogP contribution in [-0.4, -0.2) is 16.3 Å². The fraction of sp³-hybridized carbons (Fsp3) is 0.333. The van der Waals surface area contributed by atoms with Crippen molar-refractivity contribution < 1.29 is 4.79 Å². The first-order chi connectivity index (χ1) is 7.38. The Morgan fingerprint density at radius 2 is 2.33 bits per heavy atom. The molecule has 15 heavy (non-hydrogen) atoms. The Morgan fingerprint density at radius 1 is 1.47 bits per heavy atom. The van der Waals surface area contributed by atoms with Gasteiger partial charge in [0, 0.05) is 12.3 Å². The summed E-state index contributed by atoms with van der Waals surface area (Å²) in [6, 6.07) is 5.95. The highest BCUT2D eigenvalue weighted by molar-refractivity contribution is 5.81. The van der Waals surface area contributed by atoms with E-state index in [9.17, 15) is 4.79 Å². The van der Waals surface area contributed by atoms with Gasteiger partial charge in [-0.05, 0) is 24.5 Å². The molecule has 0 saturated heterocycles. The summed E-state index contributed by atoms with van der Waals surface area (Å²) < 4.78 is 0. The summed E-state index contributed by atoms with van der Waals surface area (Å²) in [5.74, 6) is 1.71. The molecule has 1 aliphatic carbocycles. The van der Waals surface area contributed by atoms with Gasteiger partial charge in [0.2, 0.25) is 0 Å². The fourth-order valence-corrected chi connectivity index (χ4v) is 1.92. The Bertz CT molecular complexity index is 511. The van der Waals surface area contributed by atoms with Gasteiger partial charge in [-0.25, -0.2) is 4.98 Å². The van der Waals surface area contributed by atoms with E-state index in [4.69, 9.17) is 0 Å². The molecule has 0 bridgehead atoms. The smallest absolute Gasteiger partial charge is 0.124 e. The SMILES string of the molecule is O=CCc1cccc2[nH]c(C3CC3)nc12. The third kappa shape index (κ3) is 1.44. The largest absolute Gasteiger partial charge is 0.342 e. The van der Waals surface area contributed by atoms with Crippen molar-refractivity contribution in [2.45, 2.75) is 25.2 Å². The van der Waals surface area contributed by atoms with Crippen LogP contribution in [0, 0.1) is 0 Å². The van der Waals surface area contributed by atoms with Crippen molar-refractivity contribution in [1.29, 1.82) is 0 Å². The number of para-hydroxylation sites is 1. The molecule has 1 saturated carbocycles. The maximum Gasteiger partial charge on any atom is 0.124 e. The number of hydrogen-bond acceptors (Lipinski definition) is 2. The molecule has 1 N–H and O–H groups in total. The number of imidazole rings is 1. The van der Waals surface area contributed by atoms with Gasteiger partial charge in [0.15, 0.2) is 0 Å². The quantitative estimate of drug-likeness (QED) is 0.772. The zero-order chi connectivity index (χ0) is 10.3. The third-order valence-corrected chi connectivity index (χ3v) is 2.88. The maximum absolute atomic E-state index is 10.5. The van der Waals surface area contributed by atoms with Crippen LogP contribution in [0.3, 0.4) is 0 Å². The van der Waals surface area contributed by atoms with Crippen LogP contribution in [0.15, 0.2) is 18.2 Å². The van der Waals surface area contributed by atoms with Crippen LogP contribution in [0.5, 0.6) is 0 Å². The van der Waals surface area contributed by atoms with Crippen molar-refractivity contribution in [3.63, 3.8) is 0 Å². The Morgan fingerprint density at radius 3 is 3.07 bits per heavy atom. The van der Waals surface area contributed by atoms with Crippen LogP contribution < -0.4 is 0 Å². The topological polar surface area (TPSA) is 45.8 Å². The minimum Gasteiger partial charge on any atom is -0.342 e. The monoisotopic (exact) mass is 200 g/mol. The number of aromatic amines is 1. The number of rotatable bonds is 3. The molecule has 0 radical (unpaired) electrons. The van der Waals surface area contributed by atoms with Crippen molar-refractivity contribution in [2.24, 2.45) is 0 Å². The molecule has 76 valence electrons. The molecule has 1 aromatic carbocycles. The average Bonchev–Trinajstić information content (AvgIpc) is 2.99. The van der Waals surface area contributed by atoms with E-state index in [2.05, 4.69) is 9.97 Å². The highest BCUT2D eigenvalue weighted by Crippen LogP contribution is 2.39. The highest BCUT2D eigenvalue weighted by atomic mass is 16.1. The highest BCUT2D eigenvalue weighted by Gasteiger charge is 2.26. The van der Waals surface area contributed by atoms with Gasteiger partial charge in [0.25, 0.3) is 0 Å². The Labute approximate surface area is 87.5 Å². The van der Waals surface area contributed by atoms with Gasteiger partial charge in [0.05, 0.1) is 11.0 Å². The minimum atomic E-state index is 0.451. The van der Waals surface area contributed by atoms with E-state index in [-0.39, 0.29) is 0 Å². The number of benzene rings is 1. The molecule has 0 amide bonds. The second-order valence-electron chi connectivity index (χ2n) is 4.08. The summed E-state index contributed by atoms with van der Waals surface area (Å²) in [4.78, 5) is 18.4. The molecule has 1 heterocycles. The van der Waals surface area contributed by atoms with Crippen molar-refractivity contribution in [3.8, 4) is 0 Å². The van der Waals surface area contributed by atoms with E-state index < -0.39 is 0 Å². The van der Waals surface area contributed by atoms with E-state index in [0.717, 1.165) is 28.7 Å². The summed E-state index contributed by atoms with van der Waals surface area (Å²) in [5.41, 5.74) is 3.04. The van der Waals surface area contributed by atoms with E-state index in [1.807, 2.05) is 18.2 Å². The molecule has 3 nitrogen and oxygen atoms in total. The molecule has 0 spiro atoms. The predicted octanol–water partition coefficient (Wildman–Crippen LogP) is 2.18. The van der Waals surface area contributed by atoms with Gasteiger partial charge in [-0.1, -0.05) is 12.1 Å². The van der Waals surface area contributed by atoms with E-state index in [1.54, 1.807) is 0 Å². The zero-order valence-electron chi connectivity index (χ0n) is 8.36. The zero-order valence-corrected chi connectivity index (χ0v) is 8.36. The molecule has 1 aliphatic rings. The van der Waals surface area contributed by atoms with E-state index in [0.29, 0.717) is 12.3 Å². The van der Waals surface area contributed by atoms with Crippen molar-refractivity contribution >= 4 is 17.3 Å². The first-order valence-electron chi connectivity index (χ1n) is 5.29. The lowest BCUT2D eigenvalue weighted by atomic mass is 10.1. The van der Waals surface area contributed by atoms with Crippen LogP contribution in [-0.2, 0) is 11.2 Å². The number of fused-ring (bicyclic) bond motifs is 1. The van der Waals surface area contributed by atoms with Gasteiger partial charge in [-0.2, -0.15) is 0 Å². The van der Waals surface area contributed by atoms with Gasteiger partial charge < -0.3 is 9.78 Å². The van der Waals surface area contributed by atoms with E-state index >= 15 is 0 Å². The molecule has 1 fully saturated rings. The number of carbonyl (C=O) groups is 1. The van der Waals surface area contributed by atoms with Crippen LogP contribution >= 0.6 is 0 Å². The summed E-state index contributed by atoms with van der Waals surface area (Å²) in [6.45, 7) is 0. The molecular weight excluding hydrogens is 188 g/mol. The molecule has 0 aliphatic heterocycles. The first-order valence-corrected chi connectivity index (χ1v) is 5.29. The summed E-state index contributed by atoms with van der Waals surface area (Å²) in [7, 11) is 0. The summed E-state index contributed by atoms with van der Waals surface area (Å²) >= 11 is 0. The maximum atomic E-state index is 10.5. The molecule has 3 heteroatoms. The second-order valence-corrected chi connectivity index (χ2v) is 4.08. The molecule has 2 aromatic rings. The molecule has 1 aromatic heterocycles. The first kappa shape index (κ1) is 8.65. The third-order valence-electron chi connectivity index (χ3n) is 2.88. The Balaban J connectivity index is 2.14. The number of aldehydes is 1. The standard InChI is InChI=1S/C12H12N2O/c15-7-6-8-2-1-3-10-11(8)14-12(13-10)9-4-5-9/h1-3,7,9H,4-6H2,(H,13,14). The van der Waals surface area contributed by atoms with Crippen molar-refractivity contribution in [3.05, 3.63) is 29.6 Å². The summed E-state index contributed by atoms with van der Waals surface area (Å²) in [6.07, 6.45) is 3.86. The lowest BCUT2D eigenvalue weighted by Crippen LogP contribution is -1.87. The number of hydrogen-bond donors (Lipinski definition) is 1. The van der Waals surface area contributed by atoms with Crippen molar-refractivity contribution in [1.82, 2.24) is 9.97 Å². The number of nitrogens with one attached hydrogen (secondary N) is 1. The number of aromatic nitrogens is 2. The van der Waals surface area contributed by atoms with Crippen LogP contribution in [0.1, 0.15) is 30.1 Å². The number of nitrogens with zero attached hydrogens (tertiary/aromatic N) is 1. The lowest BCUT2D eigenvalue weighted by Gasteiger charge is -1.94. The lowest BCUT2D eigenvalue weighted by molar-refractivity contribution is -0.107. The van der Waals surface area contributed by atoms with Gasteiger partial charge in [-0.3, -0.25) is 0 Å². The number of carbonyl (C=O) groups excluding carboxylic acids is 1. The van der Waals surface area contributed by atoms with Crippen LogP contribution in [0.25, 0.3) is 11.0 Å². The molecular formula is C12H12N2O. The fourth-order valence-electron chi connectivity index (χ4n) is 1.92. The van der Waals surface area contributed by atoms with Gasteiger partial charge in [0.1, 0.15) is 12.1 Å². The van der Waals surface area contributed by atoms with Gasteiger partial charge in [-0.15, -0.1) is 0 Å². The normalized spacial score (nSPS) is 15.7. The second kappa shape index (κ2) is 3.19. The van der Waals surface area contributed by atoms with Crippen LogP contribution in [0.4, 0.5) is 0 Å². The molecule has 3 rings (SSSR count).